The van der Waals surface area contributed by atoms with Gasteiger partial charge in [0.15, 0.2) is 11.6 Å². The number of anilines is 1. The second-order valence-corrected chi connectivity index (χ2v) is 6.46. The number of ether oxygens (including phenoxy) is 1. The fourth-order valence-corrected chi connectivity index (χ4v) is 3.29. The van der Waals surface area contributed by atoms with Gasteiger partial charge in [-0.15, -0.1) is 0 Å². The summed E-state index contributed by atoms with van der Waals surface area (Å²) in [5.41, 5.74) is 1.88. The first-order valence-electron chi connectivity index (χ1n) is 8.88. The number of piperazine rings is 1. The Balaban J connectivity index is 1.40. The van der Waals surface area contributed by atoms with E-state index in [9.17, 15) is 4.39 Å². The summed E-state index contributed by atoms with van der Waals surface area (Å²) in [7, 11) is 1.47. The van der Waals surface area contributed by atoms with E-state index >= 15 is 0 Å². The maximum atomic E-state index is 13.9. The van der Waals surface area contributed by atoms with Gasteiger partial charge in [-0.2, -0.15) is 4.68 Å². The Kier molecular flexibility index (Phi) is 4.97. The maximum Gasteiger partial charge on any atom is 0.250 e. The molecule has 0 aliphatic carbocycles. The highest BCUT2D eigenvalue weighted by atomic mass is 19.1. The molecule has 0 saturated carbocycles. The molecule has 0 N–H and O–H groups in total. The Labute approximate surface area is 157 Å². The molecule has 1 saturated heterocycles. The molecule has 1 aliphatic rings. The minimum atomic E-state index is -0.323. The van der Waals surface area contributed by atoms with Crippen molar-refractivity contribution in [3.63, 3.8) is 0 Å². The van der Waals surface area contributed by atoms with Crippen molar-refractivity contribution in [2.45, 2.75) is 6.54 Å². The zero-order chi connectivity index (χ0) is 18.6. The SMILES string of the molecule is COc1ccc(CN2CCN(c3nnnn3-c3ccccc3)CC2)cc1F. The molecule has 2 aromatic carbocycles. The van der Waals surface area contributed by atoms with Gasteiger partial charge in [-0.3, -0.25) is 4.90 Å². The van der Waals surface area contributed by atoms with E-state index < -0.39 is 0 Å². The van der Waals surface area contributed by atoms with E-state index in [0.717, 1.165) is 43.4 Å². The number of nitrogens with zero attached hydrogens (tertiary/aromatic N) is 6. The molecule has 27 heavy (non-hydrogen) atoms. The number of para-hydroxylation sites is 1. The average Bonchev–Trinajstić information content (AvgIpc) is 3.19. The normalized spacial score (nSPS) is 15.1. The summed E-state index contributed by atoms with van der Waals surface area (Å²) in [6.45, 7) is 4.04. The summed E-state index contributed by atoms with van der Waals surface area (Å²) in [6, 6.07) is 15.0. The molecule has 0 spiro atoms. The van der Waals surface area contributed by atoms with E-state index in [2.05, 4.69) is 25.3 Å². The van der Waals surface area contributed by atoms with Crippen molar-refractivity contribution in [1.82, 2.24) is 25.1 Å². The average molecular weight is 368 g/mol. The summed E-state index contributed by atoms with van der Waals surface area (Å²) < 4.78 is 20.6. The Bertz CT molecular complexity index is 892. The van der Waals surface area contributed by atoms with Crippen LogP contribution in [0.25, 0.3) is 5.69 Å². The lowest BCUT2D eigenvalue weighted by Crippen LogP contribution is -2.46. The van der Waals surface area contributed by atoms with E-state index in [1.807, 2.05) is 36.4 Å². The van der Waals surface area contributed by atoms with E-state index in [4.69, 9.17) is 4.74 Å². The minimum absolute atomic E-state index is 0.274. The van der Waals surface area contributed by atoms with Crippen LogP contribution in [0, 0.1) is 5.82 Å². The van der Waals surface area contributed by atoms with Gasteiger partial charge in [-0.1, -0.05) is 29.4 Å². The van der Waals surface area contributed by atoms with E-state index in [1.54, 1.807) is 16.8 Å². The zero-order valence-electron chi connectivity index (χ0n) is 15.1. The number of hydrogen-bond acceptors (Lipinski definition) is 6. The predicted molar refractivity (Wildman–Crippen MR) is 99.6 cm³/mol. The van der Waals surface area contributed by atoms with Crippen molar-refractivity contribution in [1.29, 1.82) is 0 Å². The van der Waals surface area contributed by atoms with Crippen LogP contribution in [0.1, 0.15) is 5.56 Å². The van der Waals surface area contributed by atoms with Gasteiger partial charge in [0, 0.05) is 32.7 Å². The Morgan fingerprint density at radius 3 is 2.52 bits per heavy atom. The van der Waals surface area contributed by atoms with Crippen LogP contribution < -0.4 is 9.64 Å². The van der Waals surface area contributed by atoms with Gasteiger partial charge < -0.3 is 9.64 Å². The topological polar surface area (TPSA) is 59.3 Å². The fraction of sp³-hybridized carbons (Fsp3) is 0.316. The lowest BCUT2D eigenvalue weighted by molar-refractivity contribution is 0.248. The lowest BCUT2D eigenvalue weighted by Gasteiger charge is -2.34. The van der Waals surface area contributed by atoms with Crippen LogP contribution in [0.5, 0.6) is 5.75 Å². The Morgan fingerprint density at radius 2 is 1.81 bits per heavy atom. The second kappa shape index (κ2) is 7.71. The highest BCUT2D eigenvalue weighted by Gasteiger charge is 2.22. The molecular weight excluding hydrogens is 347 g/mol. The lowest BCUT2D eigenvalue weighted by atomic mass is 10.2. The van der Waals surface area contributed by atoms with Gasteiger partial charge >= 0.3 is 0 Å². The van der Waals surface area contributed by atoms with E-state index in [0.29, 0.717) is 6.54 Å². The third-order valence-corrected chi connectivity index (χ3v) is 4.73. The molecule has 0 radical (unpaired) electrons. The number of hydrogen-bond donors (Lipinski definition) is 0. The summed E-state index contributed by atoms with van der Waals surface area (Å²) in [6.07, 6.45) is 0. The second-order valence-electron chi connectivity index (χ2n) is 6.46. The number of benzene rings is 2. The summed E-state index contributed by atoms with van der Waals surface area (Å²) in [5.74, 6) is 0.698. The first-order chi connectivity index (χ1) is 13.2. The van der Waals surface area contributed by atoms with Crippen LogP contribution in [0.15, 0.2) is 48.5 Å². The molecule has 1 fully saturated rings. The number of halogens is 1. The van der Waals surface area contributed by atoms with Crippen molar-refractivity contribution in [2.75, 3.05) is 38.2 Å². The van der Waals surface area contributed by atoms with Crippen molar-refractivity contribution in [3.05, 3.63) is 59.9 Å². The van der Waals surface area contributed by atoms with Crippen molar-refractivity contribution in [3.8, 4) is 11.4 Å². The first kappa shape index (κ1) is 17.4. The van der Waals surface area contributed by atoms with Gasteiger partial charge in [0.25, 0.3) is 0 Å². The summed E-state index contributed by atoms with van der Waals surface area (Å²) in [5, 5.41) is 12.2. The molecular formula is C19H21FN6O. The number of rotatable bonds is 5. The quantitative estimate of drug-likeness (QED) is 0.688. The van der Waals surface area contributed by atoms with Gasteiger partial charge in [-0.25, -0.2) is 4.39 Å². The molecule has 0 amide bonds. The molecule has 4 rings (SSSR count). The van der Waals surface area contributed by atoms with Gasteiger partial charge in [0.2, 0.25) is 5.95 Å². The van der Waals surface area contributed by atoms with Crippen LogP contribution in [0.2, 0.25) is 0 Å². The summed E-state index contributed by atoms with van der Waals surface area (Å²) >= 11 is 0. The number of tetrazole rings is 1. The zero-order valence-corrected chi connectivity index (χ0v) is 15.1. The number of aromatic nitrogens is 4. The third-order valence-electron chi connectivity index (χ3n) is 4.73. The van der Waals surface area contributed by atoms with Crippen molar-refractivity contribution >= 4 is 5.95 Å². The van der Waals surface area contributed by atoms with Crippen LogP contribution in [-0.2, 0) is 6.54 Å². The van der Waals surface area contributed by atoms with Gasteiger partial charge in [-0.05, 0) is 40.3 Å². The standard InChI is InChI=1S/C19H21FN6O/c1-27-18-8-7-15(13-17(18)20)14-24-9-11-25(12-10-24)19-21-22-23-26(19)16-5-3-2-4-6-16/h2-8,13H,9-12,14H2,1H3. The van der Waals surface area contributed by atoms with Crippen LogP contribution >= 0.6 is 0 Å². The minimum Gasteiger partial charge on any atom is -0.494 e. The molecule has 140 valence electrons. The molecule has 1 aliphatic heterocycles. The molecule has 0 bridgehead atoms. The monoisotopic (exact) mass is 368 g/mol. The molecule has 0 atom stereocenters. The highest BCUT2D eigenvalue weighted by Crippen LogP contribution is 2.20. The largest absolute Gasteiger partial charge is 0.494 e. The van der Waals surface area contributed by atoms with Gasteiger partial charge in [0.1, 0.15) is 0 Å². The van der Waals surface area contributed by atoms with Gasteiger partial charge in [0.05, 0.1) is 12.8 Å². The third kappa shape index (κ3) is 3.75. The van der Waals surface area contributed by atoms with Crippen molar-refractivity contribution < 1.29 is 9.13 Å². The molecule has 1 aromatic heterocycles. The van der Waals surface area contributed by atoms with Crippen LogP contribution in [0.4, 0.5) is 10.3 Å². The smallest absolute Gasteiger partial charge is 0.250 e. The fourth-order valence-electron chi connectivity index (χ4n) is 3.29. The van der Waals surface area contributed by atoms with Crippen LogP contribution in [-0.4, -0.2) is 58.4 Å². The number of methoxy groups -OCH3 is 1. The molecule has 0 unspecified atom stereocenters. The van der Waals surface area contributed by atoms with Crippen LogP contribution in [0.3, 0.4) is 0 Å². The molecule has 3 aromatic rings. The molecule has 7 nitrogen and oxygen atoms in total. The predicted octanol–water partition coefficient (Wildman–Crippen LogP) is 2.13. The molecule has 2 heterocycles. The molecule has 8 heteroatoms. The first-order valence-corrected chi connectivity index (χ1v) is 8.88. The highest BCUT2D eigenvalue weighted by molar-refractivity contribution is 5.41. The Morgan fingerprint density at radius 1 is 1.04 bits per heavy atom. The summed E-state index contributed by atoms with van der Waals surface area (Å²) in [4.78, 5) is 4.48. The van der Waals surface area contributed by atoms with E-state index in [1.165, 1.54) is 7.11 Å². The Hall–Kier alpha value is -3.00. The van der Waals surface area contributed by atoms with Crippen molar-refractivity contribution in [2.24, 2.45) is 0 Å². The van der Waals surface area contributed by atoms with E-state index in [-0.39, 0.29) is 11.6 Å². The maximum absolute atomic E-state index is 13.9.